The van der Waals surface area contributed by atoms with Crippen molar-refractivity contribution in [2.24, 2.45) is 0 Å². The molecule has 3 nitrogen and oxygen atoms in total. The fraction of sp³-hybridized carbons (Fsp3) is 0. The molecule has 12 heavy (non-hydrogen) atoms. The van der Waals surface area contributed by atoms with E-state index in [1.807, 2.05) is 0 Å². The van der Waals surface area contributed by atoms with E-state index >= 15 is 0 Å². The van der Waals surface area contributed by atoms with Gasteiger partial charge in [-0.1, -0.05) is 11.6 Å². The van der Waals surface area contributed by atoms with Gasteiger partial charge in [0, 0.05) is 0 Å². The standard InChI is InChI=1S/C6H2ClF2NO2/c7-6-4(8)1-3(10(11)12)2-5(6)9/h1-2H. The summed E-state index contributed by atoms with van der Waals surface area (Å²) >= 11 is 5.08. The lowest BCUT2D eigenvalue weighted by atomic mass is 10.3. The number of hydrogen-bond acceptors (Lipinski definition) is 2. The van der Waals surface area contributed by atoms with Crippen LogP contribution in [0.4, 0.5) is 14.5 Å². The number of non-ortho nitro benzene ring substituents is 1. The highest BCUT2D eigenvalue weighted by Crippen LogP contribution is 2.23. The van der Waals surface area contributed by atoms with Gasteiger partial charge in [0.15, 0.2) is 11.6 Å². The number of hydrogen-bond donors (Lipinski definition) is 0. The monoisotopic (exact) mass is 193 g/mol. The molecular weight excluding hydrogens is 192 g/mol. The molecule has 1 aromatic carbocycles. The highest BCUT2D eigenvalue weighted by atomic mass is 35.5. The molecule has 0 aliphatic rings. The Morgan fingerprint density at radius 3 is 2.08 bits per heavy atom. The van der Waals surface area contributed by atoms with Gasteiger partial charge in [-0.15, -0.1) is 0 Å². The Labute approximate surface area is 70.7 Å². The second-order valence-electron chi connectivity index (χ2n) is 1.98. The number of nitro benzene ring substituents is 1. The Bertz CT molecular complexity index is 319. The molecule has 64 valence electrons. The number of nitrogens with zero attached hydrogens (tertiary/aromatic N) is 1. The van der Waals surface area contributed by atoms with E-state index in [0.717, 1.165) is 0 Å². The Hall–Kier alpha value is -1.23. The van der Waals surface area contributed by atoms with Crippen LogP contribution in [-0.4, -0.2) is 4.92 Å². The molecule has 6 heteroatoms. The Kier molecular flexibility index (Phi) is 2.23. The summed E-state index contributed by atoms with van der Waals surface area (Å²) in [5, 5.41) is 9.31. The number of halogens is 3. The van der Waals surface area contributed by atoms with Crippen molar-refractivity contribution in [3.8, 4) is 0 Å². The largest absolute Gasteiger partial charge is 0.275 e. The van der Waals surface area contributed by atoms with Gasteiger partial charge < -0.3 is 0 Å². The van der Waals surface area contributed by atoms with Crippen LogP contribution in [0, 0.1) is 21.7 Å². The molecule has 0 fully saturated rings. The fourth-order valence-electron chi connectivity index (χ4n) is 0.648. The maximum absolute atomic E-state index is 12.5. The lowest BCUT2D eigenvalue weighted by Gasteiger charge is -1.95. The summed E-state index contributed by atoms with van der Waals surface area (Å²) in [5.41, 5.74) is -0.658. The first-order valence-electron chi connectivity index (χ1n) is 2.81. The maximum Gasteiger partial charge on any atom is 0.275 e. The number of benzene rings is 1. The molecule has 0 bridgehead atoms. The van der Waals surface area contributed by atoms with Gasteiger partial charge in [0.05, 0.1) is 17.1 Å². The van der Waals surface area contributed by atoms with Gasteiger partial charge in [0.1, 0.15) is 5.02 Å². The minimum Gasteiger partial charge on any atom is -0.258 e. The Balaban J connectivity index is 3.31. The average Bonchev–Trinajstić information content (AvgIpc) is 1.99. The van der Waals surface area contributed by atoms with Crippen LogP contribution in [0.1, 0.15) is 0 Å². The smallest absolute Gasteiger partial charge is 0.258 e. The molecular formula is C6H2ClF2NO2. The first-order valence-corrected chi connectivity index (χ1v) is 3.19. The van der Waals surface area contributed by atoms with Gasteiger partial charge in [-0.3, -0.25) is 10.1 Å². The van der Waals surface area contributed by atoms with Gasteiger partial charge >= 0.3 is 0 Å². The van der Waals surface area contributed by atoms with Gasteiger partial charge in [0.25, 0.3) is 5.69 Å². The normalized spacial score (nSPS) is 9.92. The molecule has 0 N–H and O–H groups in total. The molecule has 0 saturated carbocycles. The van der Waals surface area contributed by atoms with E-state index in [2.05, 4.69) is 0 Å². The third-order valence-electron chi connectivity index (χ3n) is 1.18. The summed E-state index contributed by atoms with van der Waals surface area (Å²) in [4.78, 5) is 9.15. The molecule has 0 aliphatic heterocycles. The van der Waals surface area contributed by atoms with Gasteiger partial charge in [-0.25, -0.2) is 8.78 Å². The minimum absolute atomic E-state index is 0.561. The molecule has 0 radical (unpaired) electrons. The van der Waals surface area contributed by atoms with Crippen molar-refractivity contribution >= 4 is 17.3 Å². The zero-order chi connectivity index (χ0) is 9.30. The Morgan fingerprint density at radius 2 is 1.75 bits per heavy atom. The van der Waals surface area contributed by atoms with Crippen LogP contribution < -0.4 is 0 Å². The highest BCUT2D eigenvalue weighted by Gasteiger charge is 2.14. The van der Waals surface area contributed by atoms with Crippen molar-refractivity contribution in [3.63, 3.8) is 0 Å². The van der Waals surface area contributed by atoms with Crippen LogP contribution in [0.2, 0.25) is 5.02 Å². The van der Waals surface area contributed by atoms with E-state index in [9.17, 15) is 18.9 Å². The Morgan fingerprint density at radius 1 is 1.33 bits per heavy atom. The van der Waals surface area contributed by atoms with Gasteiger partial charge in [-0.05, 0) is 0 Å². The predicted molar refractivity (Wildman–Crippen MR) is 38.0 cm³/mol. The van der Waals surface area contributed by atoms with Crippen LogP contribution in [0.3, 0.4) is 0 Å². The molecule has 0 spiro atoms. The van der Waals surface area contributed by atoms with Crippen molar-refractivity contribution in [1.29, 1.82) is 0 Å². The summed E-state index contributed by atoms with van der Waals surface area (Å²) in [6.45, 7) is 0. The van der Waals surface area contributed by atoms with Crippen LogP contribution >= 0.6 is 11.6 Å². The highest BCUT2D eigenvalue weighted by molar-refractivity contribution is 6.30. The summed E-state index contributed by atoms with van der Waals surface area (Å²) in [6, 6.07) is 1.12. The third-order valence-corrected chi connectivity index (χ3v) is 1.54. The van der Waals surface area contributed by atoms with Gasteiger partial charge in [-0.2, -0.15) is 0 Å². The molecule has 0 saturated heterocycles. The van der Waals surface area contributed by atoms with Crippen molar-refractivity contribution in [1.82, 2.24) is 0 Å². The molecule has 1 rings (SSSR count). The molecule has 0 amide bonds. The van der Waals surface area contributed by atoms with E-state index in [-0.39, 0.29) is 0 Å². The SMILES string of the molecule is O=[N+]([O-])c1cc(F)c(Cl)c(F)c1. The van der Waals surface area contributed by atoms with Gasteiger partial charge in [0.2, 0.25) is 0 Å². The van der Waals surface area contributed by atoms with E-state index in [1.165, 1.54) is 0 Å². The molecule has 1 aromatic rings. The van der Waals surface area contributed by atoms with Crippen molar-refractivity contribution in [3.05, 3.63) is 38.9 Å². The molecule has 0 aliphatic carbocycles. The second-order valence-corrected chi connectivity index (χ2v) is 2.36. The first kappa shape index (κ1) is 8.86. The number of nitro groups is 1. The van der Waals surface area contributed by atoms with Crippen LogP contribution in [0.5, 0.6) is 0 Å². The summed E-state index contributed by atoms with van der Waals surface area (Å²) in [6.07, 6.45) is 0. The van der Waals surface area contributed by atoms with E-state index in [4.69, 9.17) is 11.6 Å². The van der Waals surface area contributed by atoms with E-state index in [0.29, 0.717) is 12.1 Å². The predicted octanol–water partition coefficient (Wildman–Crippen LogP) is 2.53. The molecule has 0 unspecified atom stereocenters. The molecule has 0 aromatic heterocycles. The van der Waals surface area contributed by atoms with Crippen molar-refractivity contribution in [2.45, 2.75) is 0 Å². The third kappa shape index (κ3) is 1.50. The lowest BCUT2D eigenvalue weighted by Crippen LogP contribution is -1.91. The zero-order valence-corrected chi connectivity index (χ0v) is 6.31. The first-order chi connectivity index (χ1) is 5.52. The zero-order valence-electron chi connectivity index (χ0n) is 5.55. The summed E-state index contributed by atoms with van der Waals surface area (Å²) in [7, 11) is 0. The minimum atomic E-state index is -1.14. The van der Waals surface area contributed by atoms with E-state index < -0.39 is 27.3 Å². The molecule has 0 heterocycles. The average molecular weight is 194 g/mol. The summed E-state index contributed by atoms with van der Waals surface area (Å²) in [5.74, 6) is -2.27. The van der Waals surface area contributed by atoms with E-state index in [1.54, 1.807) is 0 Å². The van der Waals surface area contributed by atoms with Crippen LogP contribution in [0.15, 0.2) is 12.1 Å². The molecule has 0 atom stereocenters. The van der Waals surface area contributed by atoms with Crippen LogP contribution in [0.25, 0.3) is 0 Å². The topological polar surface area (TPSA) is 43.1 Å². The second kappa shape index (κ2) is 3.02. The van der Waals surface area contributed by atoms with Crippen molar-refractivity contribution < 1.29 is 13.7 Å². The van der Waals surface area contributed by atoms with Crippen molar-refractivity contribution in [2.75, 3.05) is 0 Å². The maximum atomic E-state index is 12.5. The lowest BCUT2D eigenvalue weighted by molar-refractivity contribution is -0.385. The number of rotatable bonds is 1. The quantitative estimate of drug-likeness (QED) is 0.391. The van der Waals surface area contributed by atoms with Crippen LogP contribution in [-0.2, 0) is 0 Å². The summed E-state index contributed by atoms with van der Waals surface area (Å²) < 4.78 is 25.0. The fourth-order valence-corrected chi connectivity index (χ4v) is 0.757.